The van der Waals surface area contributed by atoms with Gasteiger partial charge in [0.05, 0.1) is 0 Å². The van der Waals surface area contributed by atoms with Gasteiger partial charge in [-0.3, -0.25) is 4.79 Å². The van der Waals surface area contributed by atoms with Crippen LogP contribution < -0.4 is 14.8 Å². The first kappa shape index (κ1) is 20.2. The van der Waals surface area contributed by atoms with Crippen molar-refractivity contribution in [2.75, 3.05) is 6.61 Å². The van der Waals surface area contributed by atoms with Crippen LogP contribution in [0.5, 0.6) is 17.2 Å². The number of nitrogens with zero attached hydrogens (tertiary/aromatic N) is 3. The number of rotatable bonds is 8. The minimum atomic E-state index is -0.227. The topological polar surface area (TPSA) is 78.3 Å². The van der Waals surface area contributed by atoms with Gasteiger partial charge in [0.1, 0.15) is 17.2 Å². The van der Waals surface area contributed by atoms with Crippen molar-refractivity contribution in [3.05, 3.63) is 96.4 Å². The average molecular weight is 414 g/mol. The smallest absolute Gasteiger partial charge is 0.258 e. The number of carbonyl (C=O) groups is 1. The molecule has 1 amide bonds. The molecule has 0 aliphatic heterocycles. The molecular weight excluding hydrogens is 392 g/mol. The van der Waals surface area contributed by atoms with Crippen LogP contribution in [0.2, 0.25) is 0 Å². The Bertz CT molecular complexity index is 1120. The molecular formula is C24H22N4O3. The molecule has 0 saturated heterocycles. The van der Waals surface area contributed by atoms with Crippen molar-refractivity contribution < 1.29 is 14.3 Å². The summed E-state index contributed by atoms with van der Waals surface area (Å²) in [5, 5.41) is 7.04. The summed E-state index contributed by atoms with van der Waals surface area (Å²) in [4.78, 5) is 16.6. The number of nitrogens with one attached hydrogen (secondary N) is 1. The van der Waals surface area contributed by atoms with Gasteiger partial charge in [0.25, 0.3) is 5.91 Å². The molecule has 7 heteroatoms. The van der Waals surface area contributed by atoms with Crippen molar-refractivity contribution >= 4 is 5.91 Å². The van der Waals surface area contributed by atoms with E-state index in [4.69, 9.17) is 9.47 Å². The van der Waals surface area contributed by atoms with Gasteiger partial charge in [-0.15, -0.1) is 0 Å². The molecule has 2 aromatic heterocycles. The van der Waals surface area contributed by atoms with Crippen LogP contribution in [0.3, 0.4) is 0 Å². The summed E-state index contributed by atoms with van der Waals surface area (Å²) >= 11 is 0. The molecule has 0 bridgehead atoms. The van der Waals surface area contributed by atoms with E-state index in [1.807, 2.05) is 55.6 Å². The lowest BCUT2D eigenvalue weighted by molar-refractivity contribution is -0.123. The van der Waals surface area contributed by atoms with Gasteiger partial charge in [-0.2, -0.15) is 5.10 Å². The van der Waals surface area contributed by atoms with Crippen molar-refractivity contribution in [3.8, 4) is 23.1 Å². The van der Waals surface area contributed by atoms with Crippen LogP contribution >= 0.6 is 0 Å². The van der Waals surface area contributed by atoms with E-state index in [9.17, 15) is 4.79 Å². The lowest BCUT2D eigenvalue weighted by atomic mass is 10.2. The monoisotopic (exact) mass is 414 g/mol. The maximum absolute atomic E-state index is 12.2. The SMILES string of the molecule is Cc1ccc(Oc2ccc(OCC(=O)NCc3cccnc3-n3cccn3)cc2)cc1. The third-order valence-corrected chi connectivity index (χ3v) is 4.52. The van der Waals surface area contributed by atoms with E-state index in [1.54, 1.807) is 41.3 Å². The second kappa shape index (κ2) is 9.58. The fraction of sp³-hybridized carbons (Fsp3) is 0.125. The predicted octanol–water partition coefficient (Wildman–Crippen LogP) is 4.06. The normalized spacial score (nSPS) is 10.5. The number of amides is 1. The molecule has 0 unspecified atom stereocenters. The molecule has 1 N–H and O–H groups in total. The first-order chi connectivity index (χ1) is 15.2. The second-order valence-electron chi connectivity index (χ2n) is 6.89. The molecule has 0 radical (unpaired) electrons. The third-order valence-electron chi connectivity index (χ3n) is 4.52. The third kappa shape index (κ3) is 5.48. The van der Waals surface area contributed by atoms with E-state index in [-0.39, 0.29) is 12.5 Å². The number of hydrogen-bond acceptors (Lipinski definition) is 5. The minimum Gasteiger partial charge on any atom is -0.484 e. The van der Waals surface area contributed by atoms with E-state index < -0.39 is 0 Å². The number of ether oxygens (including phenoxy) is 2. The van der Waals surface area contributed by atoms with Crippen molar-refractivity contribution in [1.29, 1.82) is 0 Å². The van der Waals surface area contributed by atoms with Gasteiger partial charge >= 0.3 is 0 Å². The molecule has 156 valence electrons. The maximum Gasteiger partial charge on any atom is 0.258 e. The van der Waals surface area contributed by atoms with E-state index in [0.29, 0.717) is 23.9 Å². The zero-order valence-electron chi connectivity index (χ0n) is 17.1. The molecule has 0 atom stereocenters. The van der Waals surface area contributed by atoms with Crippen LogP contribution in [0.4, 0.5) is 0 Å². The largest absolute Gasteiger partial charge is 0.484 e. The summed E-state index contributed by atoms with van der Waals surface area (Å²) in [6.45, 7) is 2.27. The minimum absolute atomic E-state index is 0.0878. The molecule has 0 fully saturated rings. The molecule has 0 spiro atoms. The molecule has 0 aliphatic rings. The molecule has 31 heavy (non-hydrogen) atoms. The Hall–Kier alpha value is -4.13. The molecule has 2 aromatic carbocycles. The molecule has 0 aliphatic carbocycles. The maximum atomic E-state index is 12.2. The molecule has 4 aromatic rings. The highest BCUT2D eigenvalue weighted by molar-refractivity contribution is 5.77. The van der Waals surface area contributed by atoms with Crippen LogP contribution in [-0.4, -0.2) is 27.3 Å². The van der Waals surface area contributed by atoms with E-state index in [2.05, 4.69) is 15.4 Å². The summed E-state index contributed by atoms with van der Waals surface area (Å²) in [5.41, 5.74) is 2.03. The quantitative estimate of drug-likeness (QED) is 0.470. The Labute approximate surface area is 180 Å². The first-order valence-corrected chi connectivity index (χ1v) is 9.85. The fourth-order valence-electron chi connectivity index (χ4n) is 2.91. The number of benzene rings is 2. The molecule has 0 saturated carbocycles. The van der Waals surface area contributed by atoms with Crippen LogP contribution in [-0.2, 0) is 11.3 Å². The standard InChI is InChI=1S/C24H22N4O3/c1-18-5-7-21(8-6-18)31-22-11-9-20(10-12-22)30-17-23(29)26-16-19-4-2-13-25-24(19)28-15-3-14-27-28/h2-15H,16-17H2,1H3,(H,26,29). The lowest BCUT2D eigenvalue weighted by Crippen LogP contribution is -2.29. The molecule has 7 nitrogen and oxygen atoms in total. The Morgan fingerprint density at radius 1 is 0.935 bits per heavy atom. The van der Waals surface area contributed by atoms with Crippen molar-refractivity contribution in [2.24, 2.45) is 0 Å². The Morgan fingerprint density at radius 3 is 2.35 bits per heavy atom. The molecule has 4 rings (SSSR count). The summed E-state index contributed by atoms with van der Waals surface area (Å²) in [6, 6.07) is 20.5. The van der Waals surface area contributed by atoms with Crippen molar-refractivity contribution in [1.82, 2.24) is 20.1 Å². The van der Waals surface area contributed by atoms with E-state index in [1.165, 1.54) is 5.56 Å². The summed E-state index contributed by atoms with van der Waals surface area (Å²) in [5.74, 6) is 2.50. The second-order valence-corrected chi connectivity index (χ2v) is 6.89. The predicted molar refractivity (Wildman–Crippen MR) is 116 cm³/mol. The number of pyridine rings is 1. The van der Waals surface area contributed by atoms with E-state index >= 15 is 0 Å². The van der Waals surface area contributed by atoms with Crippen LogP contribution in [0.15, 0.2) is 85.3 Å². The zero-order valence-corrected chi connectivity index (χ0v) is 17.1. The van der Waals surface area contributed by atoms with Gasteiger partial charge in [-0.1, -0.05) is 23.8 Å². The average Bonchev–Trinajstić information content (AvgIpc) is 3.34. The number of aromatic nitrogens is 3. The highest BCUT2D eigenvalue weighted by Gasteiger charge is 2.09. The van der Waals surface area contributed by atoms with Crippen LogP contribution in [0.25, 0.3) is 5.82 Å². The lowest BCUT2D eigenvalue weighted by Gasteiger charge is -2.11. The Morgan fingerprint density at radius 2 is 1.65 bits per heavy atom. The summed E-state index contributed by atoms with van der Waals surface area (Å²) in [6.07, 6.45) is 5.18. The fourth-order valence-corrected chi connectivity index (χ4v) is 2.91. The Kier molecular flexibility index (Phi) is 6.23. The number of carbonyl (C=O) groups excluding carboxylic acids is 1. The van der Waals surface area contributed by atoms with Crippen molar-refractivity contribution in [3.63, 3.8) is 0 Å². The first-order valence-electron chi connectivity index (χ1n) is 9.85. The Balaban J connectivity index is 1.27. The number of hydrogen-bond donors (Lipinski definition) is 1. The van der Waals surface area contributed by atoms with Gasteiger partial charge in [0.2, 0.25) is 0 Å². The van der Waals surface area contributed by atoms with Gasteiger partial charge in [-0.25, -0.2) is 9.67 Å². The highest BCUT2D eigenvalue weighted by atomic mass is 16.5. The van der Waals surface area contributed by atoms with Crippen LogP contribution in [0.1, 0.15) is 11.1 Å². The summed E-state index contributed by atoms with van der Waals surface area (Å²) in [7, 11) is 0. The highest BCUT2D eigenvalue weighted by Crippen LogP contribution is 2.24. The van der Waals surface area contributed by atoms with Crippen LogP contribution in [0, 0.1) is 6.92 Å². The van der Waals surface area contributed by atoms with Gasteiger partial charge < -0.3 is 14.8 Å². The van der Waals surface area contributed by atoms with Gasteiger partial charge in [0, 0.05) is 30.7 Å². The van der Waals surface area contributed by atoms with E-state index in [0.717, 1.165) is 11.3 Å². The van der Waals surface area contributed by atoms with Gasteiger partial charge in [-0.05, 0) is 55.5 Å². The summed E-state index contributed by atoms with van der Waals surface area (Å²) < 4.78 is 13.0. The van der Waals surface area contributed by atoms with Crippen molar-refractivity contribution in [2.45, 2.75) is 13.5 Å². The number of aryl methyl sites for hydroxylation is 1. The van der Waals surface area contributed by atoms with Gasteiger partial charge in [0.15, 0.2) is 12.4 Å². The zero-order chi connectivity index (χ0) is 21.5. The molecule has 2 heterocycles.